The monoisotopic (exact) mass is 530 g/mol. The molecule has 0 radical (unpaired) electrons. The number of anilines is 1. The summed E-state index contributed by atoms with van der Waals surface area (Å²) in [6.45, 7) is -0.205. The number of carbonyl (C=O) groups excluding carboxylic acids is 2. The zero-order valence-electron chi connectivity index (χ0n) is 20.4. The lowest BCUT2D eigenvalue weighted by Crippen LogP contribution is -2.29. The molecule has 1 aromatic heterocycles. The van der Waals surface area contributed by atoms with E-state index in [-0.39, 0.29) is 18.9 Å². The SMILES string of the molecule is C#CCC(Cc1ccc(C(=O)NCCS(=O)(=O)O)cc1)C(=O)Nc1ccc(-c2cc3ccccc3o2)cc1. The van der Waals surface area contributed by atoms with Crippen LogP contribution in [0.3, 0.4) is 0 Å². The van der Waals surface area contributed by atoms with Gasteiger partial charge in [0.15, 0.2) is 0 Å². The molecule has 0 aliphatic carbocycles. The summed E-state index contributed by atoms with van der Waals surface area (Å²) in [6.07, 6.45) is 6.13. The molecule has 1 unspecified atom stereocenters. The number of furan rings is 1. The molecule has 8 nitrogen and oxygen atoms in total. The van der Waals surface area contributed by atoms with Crippen LogP contribution in [-0.2, 0) is 21.3 Å². The Morgan fingerprint density at radius 1 is 1.00 bits per heavy atom. The van der Waals surface area contributed by atoms with E-state index in [2.05, 4.69) is 16.6 Å². The van der Waals surface area contributed by atoms with Crippen LogP contribution in [0.1, 0.15) is 22.3 Å². The van der Waals surface area contributed by atoms with Crippen molar-refractivity contribution in [2.75, 3.05) is 17.6 Å². The molecule has 2 amide bonds. The van der Waals surface area contributed by atoms with Gasteiger partial charge in [0.05, 0.1) is 11.7 Å². The van der Waals surface area contributed by atoms with Crippen LogP contribution in [0.15, 0.2) is 83.3 Å². The molecular formula is C29H26N2O6S. The maximum Gasteiger partial charge on any atom is 0.266 e. The number of rotatable bonds is 10. The first-order valence-corrected chi connectivity index (χ1v) is 13.5. The molecule has 0 aliphatic rings. The summed E-state index contributed by atoms with van der Waals surface area (Å²) < 4.78 is 36.2. The number of para-hydroxylation sites is 1. The summed E-state index contributed by atoms with van der Waals surface area (Å²) in [4.78, 5) is 25.1. The van der Waals surface area contributed by atoms with Crippen LogP contribution in [0.25, 0.3) is 22.3 Å². The summed E-state index contributed by atoms with van der Waals surface area (Å²) >= 11 is 0. The van der Waals surface area contributed by atoms with Crippen LogP contribution >= 0.6 is 0 Å². The summed E-state index contributed by atoms with van der Waals surface area (Å²) in [5.74, 6) is 1.56. The van der Waals surface area contributed by atoms with E-state index in [1.165, 1.54) is 0 Å². The van der Waals surface area contributed by atoms with Gasteiger partial charge in [-0.25, -0.2) is 0 Å². The number of benzene rings is 3. The quantitative estimate of drug-likeness (QED) is 0.204. The van der Waals surface area contributed by atoms with E-state index in [1.54, 1.807) is 24.3 Å². The average Bonchev–Trinajstić information content (AvgIpc) is 3.33. The first-order chi connectivity index (χ1) is 18.2. The van der Waals surface area contributed by atoms with Gasteiger partial charge in [-0.2, -0.15) is 8.42 Å². The number of nitrogens with one attached hydrogen (secondary N) is 2. The molecular weight excluding hydrogens is 504 g/mol. The minimum Gasteiger partial charge on any atom is -0.456 e. The Balaban J connectivity index is 1.36. The number of fused-ring (bicyclic) bond motifs is 1. The van der Waals surface area contributed by atoms with Crippen molar-refractivity contribution in [3.05, 3.63) is 90.0 Å². The van der Waals surface area contributed by atoms with Crippen molar-refractivity contribution in [2.24, 2.45) is 5.92 Å². The fraction of sp³-hybridized carbons (Fsp3) is 0.172. The number of hydrogen-bond donors (Lipinski definition) is 3. The lowest BCUT2D eigenvalue weighted by atomic mass is 9.94. The summed E-state index contributed by atoms with van der Waals surface area (Å²) in [6, 6.07) is 23.7. The van der Waals surface area contributed by atoms with Gasteiger partial charge in [-0.05, 0) is 60.5 Å². The smallest absolute Gasteiger partial charge is 0.266 e. The highest BCUT2D eigenvalue weighted by Gasteiger charge is 2.19. The van der Waals surface area contributed by atoms with E-state index in [1.807, 2.05) is 54.6 Å². The first kappa shape index (κ1) is 26.7. The highest BCUT2D eigenvalue weighted by Crippen LogP contribution is 2.28. The van der Waals surface area contributed by atoms with Crippen LogP contribution in [0.2, 0.25) is 0 Å². The van der Waals surface area contributed by atoms with Crippen LogP contribution in [0.5, 0.6) is 0 Å². The predicted octanol–water partition coefficient (Wildman–Crippen LogP) is 4.54. The molecule has 1 atom stereocenters. The Morgan fingerprint density at radius 3 is 2.37 bits per heavy atom. The van der Waals surface area contributed by atoms with E-state index in [4.69, 9.17) is 15.4 Å². The molecule has 3 N–H and O–H groups in total. The lowest BCUT2D eigenvalue weighted by molar-refractivity contribution is -0.119. The fourth-order valence-electron chi connectivity index (χ4n) is 3.96. The maximum atomic E-state index is 13.0. The van der Waals surface area contributed by atoms with Crippen LogP contribution in [-0.4, -0.2) is 37.1 Å². The molecule has 0 spiro atoms. The molecule has 38 heavy (non-hydrogen) atoms. The van der Waals surface area contributed by atoms with E-state index >= 15 is 0 Å². The molecule has 4 rings (SSSR count). The molecule has 0 bridgehead atoms. The second kappa shape index (κ2) is 11.8. The number of hydrogen-bond acceptors (Lipinski definition) is 5. The van der Waals surface area contributed by atoms with Crippen molar-refractivity contribution >= 4 is 38.6 Å². The van der Waals surface area contributed by atoms with Crippen molar-refractivity contribution in [3.8, 4) is 23.7 Å². The Kier molecular flexibility index (Phi) is 8.26. The van der Waals surface area contributed by atoms with Crippen LogP contribution in [0, 0.1) is 18.3 Å². The molecule has 9 heteroatoms. The second-order valence-electron chi connectivity index (χ2n) is 8.76. The predicted molar refractivity (Wildman–Crippen MR) is 146 cm³/mol. The molecule has 0 saturated heterocycles. The highest BCUT2D eigenvalue weighted by atomic mass is 32.2. The van der Waals surface area contributed by atoms with Crippen molar-refractivity contribution in [1.82, 2.24) is 5.32 Å². The molecule has 0 saturated carbocycles. The topological polar surface area (TPSA) is 126 Å². The van der Waals surface area contributed by atoms with Crippen molar-refractivity contribution < 1.29 is 27.0 Å². The number of terminal acetylenes is 1. The second-order valence-corrected chi connectivity index (χ2v) is 10.3. The fourth-order valence-corrected chi connectivity index (χ4v) is 4.32. The first-order valence-electron chi connectivity index (χ1n) is 11.9. The van der Waals surface area contributed by atoms with Gasteiger partial charge < -0.3 is 15.1 Å². The Bertz CT molecular complexity index is 1550. The van der Waals surface area contributed by atoms with Crippen LogP contribution < -0.4 is 10.6 Å². The third kappa shape index (κ3) is 7.09. The van der Waals surface area contributed by atoms with E-state index in [0.717, 1.165) is 27.9 Å². The van der Waals surface area contributed by atoms with Crippen molar-refractivity contribution in [2.45, 2.75) is 12.8 Å². The summed E-state index contributed by atoms with van der Waals surface area (Å²) in [5, 5.41) is 6.36. The molecule has 0 aliphatic heterocycles. The van der Waals surface area contributed by atoms with Gasteiger partial charge in [0.2, 0.25) is 5.91 Å². The number of amides is 2. The number of carbonyl (C=O) groups is 2. The standard InChI is InChI=1S/C29H26N2O6S/c1-2-5-24(18-20-8-10-22(11-9-20)28(32)30-16-17-38(34,35)36)29(33)31-25-14-12-21(13-15-25)27-19-23-6-3-4-7-26(23)37-27/h1,3-4,6-15,19,24H,5,16-18H2,(H,30,32)(H,31,33)(H,34,35,36). The molecule has 4 aromatic rings. The van der Waals surface area contributed by atoms with Crippen LogP contribution in [0.4, 0.5) is 5.69 Å². The minimum atomic E-state index is -4.15. The summed E-state index contributed by atoms with van der Waals surface area (Å²) in [7, 11) is -4.15. The van der Waals surface area contributed by atoms with Gasteiger partial charge in [0.25, 0.3) is 16.0 Å². The molecule has 0 fully saturated rings. The van der Waals surface area contributed by atoms with Gasteiger partial charge in [0.1, 0.15) is 11.3 Å². The molecule has 194 valence electrons. The summed E-state index contributed by atoms with van der Waals surface area (Å²) in [5.41, 5.74) is 3.47. The third-order valence-electron chi connectivity index (χ3n) is 5.94. The molecule has 1 heterocycles. The Hall–Kier alpha value is -4.39. The zero-order valence-corrected chi connectivity index (χ0v) is 21.2. The lowest BCUT2D eigenvalue weighted by Gasteiger charge is -2.15. The van der Waals surface area contributed by atoms with E-state index < -0.39 is 27.7 Å². The zero-order chi connectivity index (χ0) is 27.1. The maximum absolute atomic E-state index is 13.0. The van der Waals surface area contributed by atoms with Crippen molar-refractivity contribution in [1.29, 1.82) is 0 Å². The van der Waals surface area contributed by atoms with Gasteiger partial charge in [-0.1, -0.05) is 30.3 Å². The Labute approximate surface area is 220 Å². The molecule has 3 aromatic carbocycles. The third-order valence-corrected chi connectivity index (χ3v) is 6.66. The van der Waals surface area contributed by atoms with Gasteiger partial charge in [-0.15, -0.1) is 12.3 Å². The van der Waals surface area contributed by atoms with Gasteiger partial charge in [0, 0.05) is 35.2 Å². The van der Waals surface area contributed by atoms with Gasteiger partial charge >= 0.3 is 0 Å². The van der Waals surface area contributed by atoms with E-state index in [9.17, 15) is 18.0 Å². The largest absolute Gasteiger partial charge is 0.456 e. The van der Waals surface area contributed by atoms with E-state index in [0.29, 0.717) is 17.7 Å². The average molecular weight is 531 g/mol. The highest BCUT2D eigenvalue weighted by molar-refractivity contribution is 7.85. The normalized spacial score (nSPS) is 12.0. The van der Waals surface area contributed by atoms with Crippen molar-refractivity contribution in [3.63, 3.8) is 0 Å². The van der Waals surface area contributed by atoms with Gasteiger partial charge in [-0.3, -0.25) is 14.1 Å². The minimum absolute atomic E-state index is 0.205. The Morgan fingerprint density at radius 2 is 1.71 bits per heavy atom.